The molecule has 0 unspecified atom stereocenters. The zero-order chi connectivity index (χ0) is 11.9. The highest BCUT2D eigenvalue weighted by atomic mass is 16.5. The minimum Gasteiger partial charge on any atom is -0.381 e. The van der Waals surface area contributed by atoms with Crippen LogP contribution < -0.4 is 5.32 Å². The summed E-state index contributed by atoms with van der Waals surface area (Å²) in [4.78, 5) is 14.1. The Kier molecular flexibility index (Phi) is 5.26. The molecule has 98 valence electrons. The maximum absolute atomic E-state index is 12.0. The molecule has 4 nitrogen and oxygen atoms in total. The lowest BCUT2D eigenvalue weighted by atomic mass is 10.1. The predicted octanol–water partition coefficient (Wildman–Crippen LogP) is 1.16. The van der Waals surface area contributed by atoms with E-state index in [1.807, 2.05) is 4.90 Å². The number of hydrogen-bond donors (Lipinski definition) is 1. The van der Waals surface area contributed by atoms with E-state index in [0.717, 1.165) is 39.1 Å². The molecular formula is C13H24N2O2. The number of amides is 1. The van der Waals surface area contributed by atoms with Gasteiger partial charge in [0.05, 0.1) is 6.54 Å². The van der Waals surface area contributed by atoms with E-state index in [-0.39, 0.29) is 5.91 Å². The molecular weight excluding hydrogens is 216 g/mol. The maximum Gasteiger partial charge on any atom is 0.236 e. The summed E-state index contributed by atoms with van der Waals surface area (Å²) in [5, 5.41) is 3.37. The molecule has 0 spiro atoms. The number of likely N-dealkylation sites (tertiary alicyclic amines) is 1. The van der Waals surface area contributed by atoms with E-state index in [1.54, 1.807) is 0 Å². The molecule has 1 amide bonds. The summed E-state index contributed by atoms with van der Waals surface area (Å²) >= 11 is 0. The summed E-state index contributed by atoms with van der Waals surface area (Å²) in [5.41, 5.74) is 0. The van der Waals surface area contributed by atoms with E-state index in [1.165, 1.54) is 25.7 Å². The summed E-state index contributed by atoms with van der Waals surface area (Å²) in [6.07, 6.45) is 6.96. The Morgan fingerprint density at radius 3 is 2.41 bits per heavy atom. The van der Waals surface area contributed by atoms with Crippen LogP contribution in [0.25, 0.3) is 0 Å². The average molecular weight is 240 g/mol. The van der Waals surface area contributed by atoms with Gasteiger partial charge in [0.1, 0.15) is 0 Å². The summed E-state index contributed by atoms with van der Waals surface area (Å²) in [5.74, 6) is 0.276. The first-order valence-electron chi connectivity index (χ1n) is 6.95. The summed E-state index contributed by atoms with van der Waals surface area (Å²) < 4.78 is 5.30. The van der Waals surface area contributed by atoms with Gasteiger partial charge in [-0.25, -0.2) is 0 Å². The average Bonchev–Trinajstić information content (AvgIpc) is 2.66. The van der Waals surface area contributed by atoms with Crippen LogP contribution in [-0.2, 0) is 9.53 Å². The van der Waals surface area contributed by atoms with Crippen LogP contribution in [0.15, 0.2) is 0 Å². The predicted molar refractivity (Wildman–Crippen MR) is 66.9 cm³/mol. The van der Waals surface area contributed by atoms with E-state index in [2.05, 4.69) is 5.32 Å². The molecule has 2 saturated heterocycles. The summed E-state index contributed by atoms with van der Waals surface area (Å²) in [6, 6.07) is 0.472. The molecule has 0 saturated carbocycles. The lowest BCUT2D eigenvalue weighted by molar-refractivity contribution is -0.130. The van der Waals surface area contributed by atoms with Crippen LogP contribution in [0.5, 0.6) is 0 Å². The number of nitrogens with zero attached hydrogens (tertiary/aromatic N) is 1. The van der Waals surface area contributed by atoms with Crippen molar-refractivity contribution in [1.29, 1.82) is 0 Å². The van der Waals surface area contributed by atoms with Gasteiger partial charge in [0.2, 0.25) is 5.91 Å². The highest BCUT2D eigenvalue weighted by molar-refractivity contribution is 5.78. The molecule has 0 aromatic heterocycles. The fraction of sp³-hybridized carbons (Fsp3) is 0.923. The van der Waals surface area contributed by atoms with Crippen LogP contribution >= 0.6 is 0 Å². The third kappa shape index (κ3) is 4.28. The van der Waals surface area contributed by atoms with Gasteiger partial charge < -0.3 is 15.0 Å². The molecule has 2 fully saturated rings. The van der Waals surface area contributed by atoms with Gasteiger partial charge in [0, 0.05) is 32.3 Å². The number of hydrogen-bond acceptors (Lipinski definition) is 3. The van der Waals surface area contributed by atoms with Gasteiger partial charge in [0.25, 0.3) is 0 Å². The quantitative estimate of drug-likeness (QED) is 0.805. The van der Waals surface area contributed by atoms with Gasteiger partial charge in [-0.1, -0.05) is 12.8 Å². The van der Waals surface area contributed by atoms with E-state index < -0.39 is 0 Å². The Hall–Kier alpha value is -0.610. The molecule has 2 heterocycles. The van der Waals surface area contributed by atoms with Crippen LogP contribution in [0.3, 0.4) is 0 Å². The van der Waals surface area contributed by atoms with E-state index in [4.69, 9.17) is 4.74 Å². The molecule has 2 aliphatic rings. The third-order valence-corrected chi connectivity index (χ3v) is 3.72. The first-order chi connectivity index (χ1) is 8.36. The molecule has 0 aromatic carbocycles. The molecule has 2 aliphatic heterocycles. The fourth-order valence-corrected chi connectivity index (χ4v) is 2.57. The fourth-order valence-electron chi connectivity index (χ4n) is 2.57. The van der Waals surface area contributed by atoms with Crippen molar-refractivity contribution in [2.45, 2.75) is 44.6 Å². The molecule has 0 atom stereocenters. The van der Waals surface area contributed by atoms with Crippen molar-refractivity contribution in [3.63, 3.8) is 0 Å². The first kappa shape index (κ1) is 12.8. The van der Waals surface area contributed by atoms with E-state index in [9.17, 15) is 4.79 Å². The van der Waals surface area contributed by atoms with Gasteiger partial charge in [-0.2, -0.15) is 0 Å². The van der Waals surface area contributed by atoms with Crippen molar-refractivity contribution in [1.82, 2.24) is 10.2 Å². The zero-order valence-electron chi connectivity index (χ0n) is 10.6. The van der Waals surface area contributed by atoms with Crippen LogP contribution in [0.4, 0.5) is 0 Å². The number of carbonyl (C=O) groups excluding carboxylic acids is 1. The molecule has 0 aromatic rings. The van der Waals surface area contributed by atoms with Crippen LogP contribution in [0.1, 0.15) is 38.5 Å². The highest BCUT2D eigenvalue weighted by Crippen LogP contribution is 2.10. The molecule has 0 bridgehead atoms. The Balaban J connectivity index is 1.68. The lowest BCUT2D eigenvalue weighted by Gasteiger charge is -2.25. The Bertz CT molecular complexity index is 232. The molecule has 4 heteroatoms. The minimum absolute atomic E-state index is 0.276. The number of rotatable bonds is 3. The first-order valence-corrected chi connectivity index (χ1v) is 6.95. The topological polar surface area (TPSA) is 41.6 Å². The van der Waals surface area contributed by atoms with Crippen molar-refractivity contribution < 1.29 is 9.53 Å². The van der Waals surface area contributed by atoms with Gasteiger partial charge in [-0.3, -0.25) is 4.79 Å². The van der Waals surface area contributed by atoms with Gasteiger partial charge in [-0.15, -0.1) is 0 Å². The van der Waals surface area contributed by atoms with Gasteiger partial charge >= 0.3 is 0 Å². The standard InChI is InChI=1S/C13H24N2O2/c16-13(15-7-3-1-2-4-8-15)11-14-12-5-9-17-10-6-12/h12,14H,1-11H2. The van der Waals surface area contributed by atoms with Crippen LogP contribution in [-0.4, -0.2) is 49.7 Å². The minimum atomic E-state index is 0.276. The molecule has 1 N–H and O–H groups in total. The lowest BCUT2D eigenvalue weighted by Crippen LogP contribution is -2.43. The molecule has 2 rings (SSSR count). The van der Waals surface area contributed by atoms with Crippen molar-refractivity contribution >= 4 is 5.91 Å². The van der Waals surface area contributed by atoms with Crippen molar-refractivity contribution in [3.05, 3.63) is 0 Å². The van der Waals surface area contributed by atoms with Crippen molar-refractivity contribution in [2.24, 2.45) is 0 Å². The van der Waals surface area contributed by atoms with E-state index >= 15 is 0 Å². The third-order valence-electron chi connectivity index (χ3n) is 3.72. The SMILES string of the molecule is O=C(CNC1CCOCC1)N1CCCCCC1. The number of nitrogens with one attached hydrogen (secondary N) is 1. The molecule has 17 heavy (non-hydrogen) atoms. The summed E-state index contributed by atoms with van der Waals surface area (Å²) in [7, 11) is 0. The second-order valence-corrected chi connectivity index (χ2v) is 5.06. The largest absolute Gasteiger partial charge is 0.381 e. The number of ether oxygens (including phenoxy) is 1. The summed E-state index contributed by atoms with van der Waals surface area (Å²) in [6.45, 7) is 4.07. The van der Waals surface area contributed by atoms with Crippen LogP contribution in [0.2, 0.25) is 0 Å². The molecule has 0 radical (unpaired) electrons. The maximum atomic E-state index is 12.0. The van der Waals surface area contributed by atoms with Gasteiger partial charge in [-0.05, 0) is 25.7 Å². The van der Waals surface area contributed by atoms with Gasteiger partial charge in [0.15, 0.2) is 0 Å². The zero-order valence-corrected chi connectivity index (χ0v) is 10.6. The Morgan fingerprint density at radius 1 is 1.12 bits per heavy atom. The number of carbonyl (C=O) groups is 1. The normalized spacial score (nSPS) is 23.4. The van der Waals surface area contributed by atoms with Crippen molar-refractivity contribution in [2.75, 3.05) is 32.8 Å². The van der Waals surface area contributed by atoms with Crippen molar-refractivity contribution in [3.8, 4) is 0 Å². The second kappa shape index (κ2) is 6.97. The Morgan fingerprint density at radius 2 is 1.76 bits per heavy atom. The highest BCUT2D eigenvalue weighted by Gasteiger charge is 2.18. The van der Waals surface area contributed by atoms with Crippen LogP contribution in [0, 0.1) is 0 Å². The molecule has 0 aliphatic carbocycles. The Labute approximate surface area is 104 Å². The monoisotopic (exact) mass is 240 g/mol. The smallest absolute Gasteiger partial charge is 0.236 e. The van der Waals surface area contributed by atoms with E-state index in [0.29, 0.717) is 12.6 Å². The second-order valence-electron chi connectivity index (χ2n) is 5.06.